The maximum atomic E-state index is 13.3. The third-order valence-corrected chi connectivity index (χ3v) is 5.95. The molecular formula is C22H15BrFN3O4S. The summed E-state index contributed by atoms with van der Waals surface area (Å²) in [6, 6.07) is 11.8. The predicted molar refractivity (Wildman–Crippen MR) is 123 cm³/mol. The van der Waals surface area contributed by atoms with E-state index in [1.165, 1.54) is 24.3 Å². The summed E-state index contributed by atoms with van der Waals surface area (Å²) in [4.78, 5) is 38.5. The van der Waals surface area contributed by atoms with Crippen LogP contribution in [0.15, 0.2) is 63.2 Å². The van der Waals surface area contributed by atoms with Crippen LogP contribution in [0.25, 0.3) is 16.5 Å². The number of aromatic nitrogens is 2. The van der Waals surface area contributed by atoms with Crippen molar-refractivity contribution < 1.29 is 18.7 Å². The zero-order valence-corrected chi connectivity index (χ0v) is 19.0. The highest BCUT2D eigenvalue weighted by molar-refractivity contribution is 9.10. The van der Waals surface area contributed by atoms with E-state index in [9.17, 15) is 18.8 Å². The Labute approximate surface area is 193 Å². The van der Waals surface area contributed by atoms with Crippen LogP contribution in [-0.2, 0) is 4.74 Å². The van der Waals surface area contributed by atoms with E-state index < -0.39 is 23.3 Å². The molecule has 0 unspecified atom stereocenters. The van der Waals surface area contributed by atoms with Crippen LogP contribution in [0.3, 0.4) is 0 Å². The maximum absolute atomic E-state index is 13.3. The third-order valence-electron chi connectivity index (χ3n) is 4.53. The summed E-state index contributed by atoms with van der Waals surface area (Å²) in [5.41, 5.74) is 0.113. The van der Waals surface area contributed by atoms with Crippen molar-refractivity contribution in [2.75, 3.05) is 11.9 Å². The minimum atomic E-state index is -0.683. The summed E-state index contributed by atoms with van der Waals surface area (Å²) < 4.78 is 20.2. The maximum Gasteiger partial charge on any atom is 0.359 e. The van der Waals surface area contributed by atoms with Gasteiger partial charge in [-0.15, -0.1) is 11.3 Å². The number of amides is 1. The van der Waals surface area contributed by atoms with Crippen LogP contribution in [0.2, 0.25) is 0 Å². The Balaban J connectivity index is 1.87. The number of rotatable bonds is 5. The van der Waals surface area contributed by atoms with Crippen molar-refractivity contribution in [3.63, 3.8) is 0 Å². The second-order valence-electron chi connectivity index (χ2n) is 6.58. The molecule has 10 heteroatoms. The molecule has 1 amide bonds. The molecule has 0 saturated heterocycles. The zero-order valence-electron chi connectivity index (χ0n) is 16.6. The van der Waals surface area contributed by atoms with Gasteiger partial charge in [-0.05, 0) is 55.5 Å². The normalized spacial score (nSPS) is 10.8. The molecule has 0 spiro atoms. The summed E-state index contributed by atoms with van der Waals surface area (Å²) in [6.45, 7) is 1.81. The molecule has 1 N–H and O–H groups in total. The van der Waals surface area contributed by atoms with E-state index in [1.54, 1.807) is 36.6 Å². The first-order valence-corrected chi connectivity index (χ1v) is 11.1. The Morgan fingerprint density at radius 2 is 1.84 bits per heavy atom. The van der Waals surface area contributed by atoms with Gasteiger partial charge in [0.25, 0.3) is 11.5 Å². The molecule has 7 nitrogen and oxygen atoms in total. The average Bonchev–Trinajstić information content (AvgIpc) is 3.19. The molecule has 0 aliphatic rings. The predicted octanol–water partition coefficient (Wildman–Crippen LogP) is 4.78. The minimum Gasteiger partial charge on any atom is -0.461 e. The van der Waals surface area contributed by atoms with Gasteiger partial charge in [0.1, 0.15) is 10.8 Å². The van der Waals surface area contributed by atoms with Gasteiger partial charge >= 0.3 is 5.97 Å². The van der Waals surface area contributed by atoms with Gasteiger partial charge in [-0.2, -0.15) is 9.78 Å². The van der Waals surface area contributed by atoms with E-state index >= 15 is 0 Å². The van der Waals surface area contributed by atoms with Gasteiger partial charge in [-0.25, -0.2) is 9.18 Å². The molecule has 2 aromatic carbocycles. The Hall–Kier alpha value is -3.37. The van der Waals surface area contributed by atoms with Crippen LogP contribution in [0, 0.1) is 5.82 Å². The van der Waals surface area contributed by atoms with Gasteiger partial charge in [0.05, 0.1) is 17.7 Å². The number of halogens is 2. The summed E-state index contributed by atoms with van der Waals surface area (Å²) in [5, 5.41) is 9.16. The van der Waals surface area contributed by atoms with E-state index in [-0.39, 0.29) is 33.6 Å². The smallest absolute Gasteiger partial charge is 0.359 e. The summed E-state index contributed by atoms with van der Waals surface area (Å²) in [5.74, 6) is -1.67. The van der Waals surface area contributed by atoms with Crippen molar-refractivity contribution in [1.29, 1.82) is 0 Å². The van der Waals surface area contributed by atoms with Crippen molar-refractivity contribution >= 4 is 54.9 Å². The fourth-order valence-electron chi connectivity index (χ4n) is 3.03. The molecule has 2 aromatic heterocycles. The summed E-state index contributed by atoms with van der Waals surface area (Å²) in [7, 11) is 0. The fraction of sp³-hybridized carbons (Fsp3) is 0.0909. The molecule has 0 radical (unpaired) electrons. The second kappa shape index (κ2) is 9.01. The lowest BCUT2D eigenvalue weighted by molar-refractivity contribution is 0.0520. The Kier molecular flexibility index (Phi) is 6.15. The number of carbonyl (C=O) groups is 2. The topological polar surface area (TPSA) is 90.3 Å². The van der Waals surface area contributed by atoms with Crippen molar-refractivity contribution in [3.8, 4) is 5.69 Å². The number of esters is 1. The number of benzene rings is 2. The Morgan fingerprint density at radius 3 is 2.50 bits per heavy atom. The number of fused-ring (bicyclic) bond motifs is 1. The summed E-state index contributed by atoms with van der Waals surface area (Å²) >= 11 is 4.43. The van der Waals surface area contributed by atoms with E-state index in [1.807, 2.05) is 0 Å². The first-order chi connectivity index (χ1) is 15.4. The highest BCUT2D eigenvalue weighted by Gasteiger charge is 2.23. The number of ether oxygens (including phenoxy) is 1. The number of anilines is 1. The molecule has 0 aliphatic heterocycles. The average molecular weight is 516 g/mol. The molecule has 0 saturated carbocycles. The number of hydrogen-bond donors (Lipinski definition) is 1. The standard InChI is InChI=1S/C22H15BrFN3O4S/c1-2-31-22(30)18-16-11-32-20(25-19(28)12-3-7-14(24)8-4-12)17(16)21(29)27(26-18)15-9-5-13(23)6-10-15/h3-11H,2H2,1H3,(H,25,28). The Bertz CT molecular complexity index is 1380. The van der Waals surface area contributed by atoms with Gasteiger partial charge in [0, 0.05) is 20.8 Å². The zero-order chi connectivity index (χ0) is 22.8. The van der Waals surface area contributed by atoms with Gasteiger partial charge in [0.2, 0.25) is 0 Å². The largest absolute Gasteiger partial charge is 0.461 e. The van der Waals surface area contributed by atoms with E-state index in [0.29, 0.717) is 5.69 Å². The molecular weight excluding hydrogens is 501 g/mol. The van der Waals surface area contributed by atoms with Crippen molar-refractivity contribution in [3.05, 3.63) is 85.8 Å². The minimum absolute atomic E-state index is 0.0390. The van der Waals surface area contributed by atoms with Crippen molar-refractivity contribution in [1.82, 2.24) is 9.78 Å². The quantitative estimate of drug-likeness (QED) is 0.386. The lowest BCUT2D eigenvalue weighted by Crippen LogP contribution is -2.25. The van der Waals surface area contributed by atoms with E-state index in [2.05, 4.69) is 26.3 Å². The number of nitrogens with one attached hydrogen (secondary N) is 1. The van der Waals surface area contributed by atoms with Crippen LogP contribution in [0.1, 0.15) is 27.8 Å². The van der Waals surface area contributed by atoms with Gasteiger partial charge in [-0.3, -0.25) is 9.59 Å². The molecule has 0 aliphatic carbocycles. The van der Waals surface area contributed by atoms with Crippen LogP contribution in [-0.4, -0.2) is 28.3 Å². The van der Waals surface area contributed by atoms with E-state index in [4.69, 9.17) is 4.74 Å². The van der Waals surface area contributed by atoms with Gasteiger partial charge in [0.15, 0.2) is 5.69 Å². The molecule has 32 heavy (non-hydrogen) atoms. The van der Waals surface area contributed by atoms with Gasteiger partial charge in [-0.1, -0.05) is 15.9 Å². The molecule has 2 heterocycles. The number of nitrogens with zero attached hydrogens (tertiary/aromatic N) is 2. The lowest BCUT2D eigenvalue weighted by atomic mass is 10.2. The molecule has 4 rings (SSSR count). The van der Waals surface area contributed by atoms with Crippen LogP contribution >= 0.6 is 27.3 Å². The Morgan fingerprint density at radius 1 is 1.16 bits per heavy atom. The number of hydrogen-bond acceptors (Lipinski definition) is 6. The van der Waals surface area contributed by atoms with Crippen molar-refractivity contribution in [2.24, 2.45) is 0 Å². The molecule has 0 bridgehead atoms. The fourth-order valence-corrected chi connectivity index (χ4v) is 4.22. The number of carbonyl (C=O) groups excluding carboxylic acids is 2. The van der Waals surface area contributed by atoms with Crippen LogP contribution < -0.4 is 10.9 Å². The van der Waals surface area contributed by atoms with Gasteiger partial charge < -0.3 is 10.1 Å². The third kappa shape index (κ3) is 4.19. The molecule has 0 atom stereocenters. The SMILES string of the molecule is CCOC(=O)c1nn(-c2ccc(Br)cc2)c(=O)c2c(NC(=O)c3ccc(F)cc3)scc12. The highest BCUT2D eigenvalue weighted by atomic mass is 79.9. The first-order valence-electron chi connectivity index (χ1n) is 9.43. The first kappa shape index (κ1) is 21.8. The molecule has 4 aromatic rings. The monoisotopic (exact) mass is 515 g/mol. The van der Waals surface area contributed by atoms with Crippen LogP contribution in [0.4, 0.5) is 9.39 Å². The highest BCUT2D eigenvalue weighted by Crippen LogP contribution is 2.31. The van der Waals surface area contributed by atoms with Crippen molar-refractivity contribution in [2.45, 2.75) is 6.92 Å². The van der Waals surface area contributed by atoms with E-state index in [0.717, 1.165) is 20.5 Å². The molecule has 0 fully saturated rings. The number of thiophene rings is 1. The lowest BCUT2D eigenvalue weighted by Gasteiger charge is -2.10. The second-order valence-corrected chi connectivity index (χ2v) is 8.37. The summed E-state index contributed by atoms with van der Waals surface area (Å²) in [6.07, 6.45) is 0. The molecule has 162 valence electrons. The van der Waals surface area contributed by atoms with Crippen LogP contribution in [0.5, 0.6) is 0 Å².